The van der Waals surface area contributed by atoms with Crippen LogP contribution in [0.5, 0.6) is 23.1 Å². The van der Waals surface area contributed by atoms with Crippen LogP contribution < -0.4 is 15.2 Å². The van der Waals surface area contributed by atoms with Gasteiger partial charge in [0, 0.05) is 12.3 Å². The Hall–Kier alpha value is -4.24. The highest BCUT2D eigenvalue weighted by Gasteiger charge is 2.29. The zero-order valence-corrected chi connectivity index (χ0v) is 16.2. The minimum absolute atomic E-state index is 0.104. The van der Waals surface area contributed by atoms with E-state index in [-0.39, 0.29) is 17.1 Å². The molecule has 1 heterocycles. The standard InChI is InChI=1S/C18H13N5O6S/c1-30(26,27)18-21-16(20)15(23(24)25)17(22-18)29-14-9-11(10-19)7-8-13(14)28-12-5-3-2-4-6-12/h2-9H,1H3,(H2,20,21,22). The van der Waals surface area contributed by atoms with Gasteiger partial charge in [-0.15, -0.1) is 0 Å². The minimum Gasteiger partial charge on any atom is -0.453 e. The van der Waals surface area contributed by atoms with Gasteiger partial charge in [0.25, 0.3) is 5.16 Å². The average molecular weight is 427 g/mol. The van der Waals surface area contributed by atoms with Crippen LogP contribution in [0.15, 0.2) is 53.7 Å². The minimum atomic E-state index is -3.94. The Balaban J connectivity index is 2.14. The molecule has 0 saturated carbocycles. The third-order valence-corrected chi connectivity index (χ3v) is 4.47. The number of nitrogen functional groups attached to an aromatic ring is 1. The van der Waals surface area contributed by atoms with Crippen molar-refractivity contribution in [3.05, 3.63) is 64.2 Å². The highest BCUT2D eigenvalue weighted by Crippen LogP contribution is 2.39. The van der Waals surface area contributed by atoms with Crippen LogP contribution >= 0.6 is 0 Å². The van der Waals surface area contributed by atoms with Gasteiger partial charge in [-0.25, -0.2) is 8.42 Å². The van der Waals surface area contributed by atoms with Gasteiger partial charge in [0.05, 0.1) is 16.6 Å². The summed E-state index contributed by atoms with van der Waals surface area (Å²) in [5, 5.41) is 19.8. The first-order chi connectivity index (χ1) is 14.2. The number of ether oxygens (including phenoxy) is 2. The Morgan fingerprint density at radius 3 is 2.40 bits per heavy atom. The number of sulfone groups is 1. The summed E-state index contributed by atoms with van der Waals surface area (Å²) in [7, 11) is -3.94. The fourth-order valence-corrected chi connectivity index (χ4v) is 2.81. The molecule has 11 nitrogen and oxygen atoms in total. The molecule has 0 aliphatic carbocycles. The SMILES string of the molecule is CS(=O)(=O)c1nc(N)c([N+](=O)[O-])c(Oc2cc(C#N)ccc2Oc2ccccc2)n1. The van der Waals surface area contributed by atoms with E-state index in [9.17, 15) is 18.5 Å². The van der Waals surface area contributed by atoms with Crippen LogP contribution in [0.1, 0.15) is 5.56 Å². The number of hydrogen-bond donors (Lipinski definition) is 1. The quantitative estimate of drug-likeness (QED) is 0.350. The lowest BCUT2D eigenvalue weighted by Gasteiger charge is -2.13. The van der Waals surface area contributed by atoms with Crippen molar-refractivity contribution in [2.24, 2.45) is 0 Å². The second-order valence-electron chi connectivity index (χ2n) is 5.86. The highest BCUT2D eigenvalue weighted by molar-refractivity contribution is 7.90. The van der Waals surface area contributed by atoms with E-state index in [2.05, 4.69) is 9.97 Å². The predicted octanol–water partition coefficient (Wildman–Crippen LogP) is 2.83. The molecule has 0 radical (unpaired) electrons. The maximum absolute atomic E-state index is 11.8. The van der Waals surface area contributed by atoms with E-state index in [1.807, 2.05) is 6.07 Å². The van der Waals surface area contributed by atoms with Crippen LogP contribution in [0.2, 0.25) is 0 Å². The van der Waals surface area contributed by atoms with E-state index < -0.39 is 37.3 Å². The van der Waals surface area contributed by atoms with Crippen LogP contribution in [-0.4, -0.2) is 29.6 Å². The molecule has 0 fully saturated rings. The van der Waals surface area contributed by atoms with Crippen molar-refractivity contribution in [1.82, 2.24) is 9.97 Å². The van der Waals surface area contributed by atoms with Crippen molar-refractivity contribution >= 4 is 21.3 Å². The van der Waals surface area contributed by atoms with E-state index in [4.69, 9.17) is 20.5 Å². The third-order valence-electron chi connectivity index (χ3n) is 3.62. The number of anilines is 1. The van der Waals surface area contributed by atoms with E-state index in [0.29, 0.717) is 5.75 Å². The van der Waals surface area contributed by atoms with Crippen molar-refractivity contribution in [2.45, 2.75) is 5.16 Å². The maximum atomic E-state index is 11.8. The number of nitriles is 1. The Labute approximate surface area is 170 Å². The zero-order valence-electron chi connectivity index (χ0n) is 15.3. The zero-order chi connectivity index (χ0) is 21.9. The first-order valence-electron chi connectivity index (χ1n) is 8.16. The van der Waals surface area contributed by atoms with Gasteiger partial charge in [-0.2, -0.15) is 15.2 Å². The number of aromatic nitrogens is 2. The summed E-state index contributed by atoms with van der Waals surface area (Å²) in [6, 6.07) is 14.6. The summed E-state index contributed by atoms with van der Waals surface area (Å²) in [5.74, 6) is -0.972. The molecule has 0 unspecified atom stereocenters. The summed E-state index contributed by atoms with van der Waals surface area (Å²) in [6.45, 7) is 0. The van der Waals surface area contributed by atoms with Gasteiger partial charge in [-0.05, 0) is 24.3 Å². The number of nitrogens with zero attached hydrogens (tertiary/aromatic N) is 4. The van der Waals surface area contributed by atoms with Crippen molar-refractivity contribution in [3.63, 3.8) is 0 Å². The number of para-hydroxylation sites is 1. The van der Waals surface area contributed by atoms with Crippen molar-refractivity contribution in [3.8, 4) is 29.2 Å². The molecule has 0 spiro atoms. The van der Waals surface area contributed by atoms with E-state index >= 15 is 0 Å². The number of rotatable bonds is 6. The summed E-state index contributed by atoms with van der Waals surface area (Å²) in [5.41, 5.74) is 4.91. The second kappa shape index (κ2) is 8.02. The average Bonchev–Trinajstić information content (AvgIpc) is 2.68. The lowest BCUT2D eigenvalue weighted by Crippen LogP contribution is -2.10. The highest BCUT2D eigenvalue weighted by atomic mass is 32.2. The molecule has 0 aliphatic rings. The fraction of sp³-hybridized carbons (Fsp3) is 0.0556. The number of nitro groups is 1. The van der Waals surface area contributed by atoms with E-state index in [1.165, 1.54) is 18.2 Å². The summed E-state index contributed by atoms with van der Waals surface area (Å²) in [4.78, 5) is 17.6. The van der Waals surface area contributed by atoms with E-state index in [0.717, 1.165) is 6.26 Å². The molecule has 0 aliphatic heterocycles. The number of hydrogen-bond acceptors (Lipinski definition) is 10. The fourth-order valence-electron chi connectivity index (χ4n) is 2.30. The van der Waals surface area contributed by atoms with Gasteiger partial charge in [0.2, 0.25) is 15.7 Å². The lowest BCUT2D eigenvalue weighted by molar-refractivity contribution is -0.385. The first-order valence-corrected chi connectivity index (χ1v) is 10.0. The molecule has 2 N–H and O–H groups in total. The molecule has 0 amide bonds. The van der Waals surface area contributed by atoms with Crippen LogP contribution in [0.25, 0.3) is 0 Å². The Morgan fingerprint density at radius 1 is 1.10 bits per heavy atom. The Kier molecular flexibility index (Phi) is 5.48. The van der Waals surface area contributed by atoms with Crippen molar-refractivity contribution < 1.29 is 22.8 Å². The van der Waals surface area contributed by atoms with Crippen molar-refractivity contribution in [2.75, 3.05) is 12.0 Å². The lowest BCUT2D eigenvalue weighted by atomic mass is 10.2. The molecule has 3 rings (SSSR count). The smallest absolute Gasteiger partial charge is 0.373 e. The van der Waals surface area contributed by atoms with Crippen molar-refractivity contribution in [1.29, 1.82) is 5.26 Å². The molecule has 1 aromatic heterocycles. The normalized spacial score (nSPS) is 10.8. The Bertz CT molecular complexity index is 1270. The summed E-state index contributed by atoms with van der Waals surface area (Å²) >= 11 is 0. The number of benzene rings is 2. The molecule has 3 aromatic rings. The van der Waals surface area contributed by atoms with Gasteiger partial charge < -0.3 is 15.2 Å². The topological polar surface area (TPSA) is 171 Å². The van der Waals surface area contributed by atoms with Crippen LogP contribution in [-0.2, 0) is 9.84 Å². The monoisotopic (exact) mass is 427 g/mol. The predicted molar refractivity (Wildman–Crippen MR) is 104 cm³/mol. The number of nitrogens with two attached hydrogens (primary N) is 1. The van der Waals surface area contributed by atoms with Gasteiger partial charge >= 0.3 is 11.6 Å². The largest absolute Gasteiger partial charge is 0.453 e. The first kappa shape index (κ1) is 20.5. The molecule has 152 valence electrons. The molecule has 0 saturated heterocycles. The van der Waals surface area contributed by atoms with Gasteiger partial charge in [0.15, 0.2) is 11.5 Å². The molecule has 30 heavy (non-hydrogen) atoms. The van der Waals surface area contributed by atoms with Gasteiger partial charge in [-0.3, -0.25) is 10.1 Å². The van der Waals surface area contributed by atoms with Crippen LogP contribution in [0.3, 0.4) is 0 Å². The maximum Gasteiger partial charge on any atom is 0.373 e. The summed E-state index contributed by atoms with van der Waals surface area (Å²) < 4.78 is 34.8. The van der Waals surface area contributed by atoms with Crippen LogP contribution in [0, 0.1) is 21.4 Å². The summed E-state index contributed by atoms with van der Waals surface area (Å²) in [6.07, 6.45) is 0.817. The van der Waals surface area contributed by atoms with Crippen LogP contribution in [0.4, 0.5) is 11.5 Å². The molecule has 12 heteroatoms. The molecular formula is C18H13N5O6S. The van der Waals surface area contributed by atoms with Gasteiger partial charge in [-0.1, -0.05) is 18.2 Å². The molecule has 2 aromatic carbocycles. The third kappa shape index (κ3) is 4.42. The molecule has 0 atom stereocenters. The van der Waals surface area contributed by atoms with Gasteiger partial charge in [0.1, 0.15) is 5.75 Å². The molecule has 0 bridgehead atoms. The van der Waals surface area contributed by atoms with E-state index in [1.54, 1.807) is 30.3 Å². The Morgan fingerprint density at radius 2 is 1.80 bits per heavy atom. The second-order valence-corrected chi connectivity index (χ2v) is 7.77. The molecular weight excluding hydrogens is 414 g/mol.